The molecule has 0 bridgehead atoms. The summed E-state index contributed by atoms with van der Waals surface area (Å²) in [5.74, 6) is -0.858. The number of nitrogens with zero attached hydrogens (tertiary/aromatic N) is 1. The fraction of sp³-hybridized carbons (Fsp3) is 0.174. The molecule has 0 spiro atoms. The standard InChI is InChI=1S/C23H23N3O4/c27-20(12-22(28)29)15-24-13-16-9-10-21(25-14-16)26-23(30)19-8-4-7-18(11-19)17-5-2-1-3-6-17/h1-11,14,20,24,27H,12-13,15H2,(H,28,29)(H,25,26,30)/t20-/m0/s1. The molecule has 0 radical (unpaired) electrons. The molecule has 7 nitrogen and oxygen atoms in total. The molecule has 1 heterocycles. The molecule has 2 aromatic carbocycles. The molecule has 1 aromatic heterocycles. The topological polar surface area (TPSA) is 112 Å². The summed E-state index contributed by atoms with van der Waals surface area (Å²) in [7, 11) is 0. The number of anilines is 1. The van der Waals surface area contributed by atoms with Gasteiger partial charge >= 0.3 is 5.97 Å². The van der Waals surface area contributed by atoms with E-state index in [4.69, 9.17) is 5.11 Å². The van der Waals surface area contributed by atoms with Gasteiger partial charge in [0.05, 0.1) is 12.5 Å². The highest BCUT2D eigenvalue weighted by Gasteiger charge is 2.10. The third-order valence-electron chi connectivity index (χ3n) is 4.42. The summed E-state index contributed by atoms with van der Waals surface area (Å²) in [5, 5.41) is 23.9. The van der Waals surface area contributed by atoms with Crippen LogP contribution in [0.2, 0.25) is 0 Å². The first-order chi connectivity index (χ1) is 14.5. The van der Waals surface area contributed by atoms with E-state index >= 15 is 0 Å². The number of benzene rings is 2. The van der Waals surface area contributed by atoms with Gasteiger partial charge in [0.1, 0.15) is 5.82 Å². The Morgan fingerprint density at radius 2 is 1.73 bits per heavy atom. The molecule has 1 atom stereocenters. The van der Waals surface area contributed by atoms with E-state index in [1.807, 2.05) is 48.5 Å². The van der Waals surface area contributed by atoms with Crippen LogP contribution in [0.3, 0.4) is 0 Å². The average Bonchev–Trinajstić information content (AvgIpc) is 2.75. The number of aliphatic carboxylic acids is 1. The molecule has 0 saturated carbocycles. The van der Waals surface area contributed by atoms with Crippen molar-refractivity contribution in [3.05, 3.63) is 84.1 Å². The fourth-order valence-corrected chi connectivity index (χ4v) is 2.92. The third-order valence-corrected chi connectivity index (χ3v) is 4.42. The highest BCUT2D eigenvalue weighted by Crippen LogP contribution is 2.20. The van der Waals surface area contributed by atoms with Gasteiger partial charge in [-0.15, -0.1) is 0 Å². The van der Waals surface area contributed by atoms with Gasteiger partial charge in [0.2, 0.25) is 0 Å². The van der Waals surface area contributed by atoms with Gasteiger partial charge < -0.3 is 20.8 Å². The number of rotatable bonds is 9. The Labute approximate surface area is 174 Å². The molecule has 3 aromatic rings. The number of carboxylic acids is 1. The quantitative estimate of drug-likeness (QED) is 0.436. The summed E-state index contributed by atoms with van der Waals surface area (Å²) in [6, 6.07) is 20.7. The van der Waals surface area contributed by atoms with Crippen LogP contribution in [0.4, 0.5) is 5.82 Å². The summed E-state index contributed by atoms with van der Waals surface area (Å²) in [4.78, 5) is 27.4. The lowest BCUT2D eigenvalue weighted by Gasteiger charge is -2.10. The Bertz CT molecular complexity index is 991. The molecule has 30 heavy (non-hydrogen) atoms. The van der Waals surface area contributed by atoms with Crippen LogP contribution < -0.4 is 10.6 Å². The minimum atomic E-state index is -1.04. The first-order valence-corrected chi connectivity index (χ1v) is 9.53. The zero-order valence-corrected chi connectivity index (χ0v) is 16.3. The van der Waals surface area contributed by atoms with Crippen molar-refractivity contribution in [3.8, 4) is 11.1 Å². The van der Waals surface area contributed by atoms with Crippen LogP contribution in [0.25, 0.3) is 11.1 Å². The minimum Gasteiger partial charge on any atom is -0.481 e. The van der Waals surface area contributed by atoms with Crippen molar-refractivity contribution in [3.63, 3.8) is 0 Å². The maximum Gasteiger partial charge on any atom is 0.306 e. The van der Waals surface area contributed by atoms with Crippen molar-refractivity contribution >= 4 is 17.7 Å². The zero-order valence-electron chi connectivity index (χ0n) is 16.3. The van der Waals surface area contributed by atoms with Crippen LogP contribution in [0.15, 0.2) is 72.9 Å². The van der Waals surface area contributed by atoms with Gasteiger partial charge in [-0.25, -0.2) is 4.98 Å². The largest absolute Gasteiger partial charge is 0.481 e. The average molecular weight is 405 g/mol. The van der Waals surface area contributed by atoms with Crippen LogP contribution in [0.5, 0.6) is 0 Å². The summed E-state index contributed by atoms with van der Waals surface area (Å²) in [6.45, 7) is 0.597. The lowest BCUT2D eigenvalue weighted by atomic mass is 10.0. The summed E-state index contributed by atoms with van der Waals surface area (Å²) in [5.41, 5.74) is 3.39. The molecule has 0 aliphatic heterocycles. The lowest BCUT2D eigenvalue weighted by molar-refractivity contribution is -0.139. The SMILES string of the molecule is O=C(O)C[C@H](O)CNCc1ccc(NC(=O)c2cccc(-c3ccccc3)c2)nc1. The number of pyridine rings is 1. The monoisotopic (exact) mass is 405 g/mol. The number of carbonyl (C=O) groups excluding carboxylic acids is 1. The minimum absolute atomic E-state index is 0.169. The first-order valence-electron chi connectivity index (χ1n) is 9.53. The van der Waals surface area contributed by atoms with Crippen molar-refractivity contribution in [1.82, 2.24) is 10.3 Å². The van der Waals surface area contributed by atoms with Crippen LogP contribution in [0.1, 0.15) is 22.3 Å². The van der Waals surface area contributed by atoms with E-state index in [1.54, 1.807) is 24.4 Å². The maximum atomic E-state index is 12.6. The van der Waals surface area contributed by atoms with Gasteiger partial charge in [0, 0.05) is 24.8 Å². The molecular weight excluding hydrogens is 382 g/mol. The Morgan fingerprint density at radius 3 is 2.43 bits per heavy atom. The fourth-order valence-electron chi connectivity index (χ4n) is 2.92. The molecule has 3 rings (SSSR count). The lowest BCUT2D eigenvalue weighted by Crippen LogP contribution is -2.28. The number of carbonyl (C=O) groups is 2. The van der Waals surface area contributed by atoms with Gasteiger partial charge in [-0.2, -0.15) is 0 Å². The zero-order chi connectivity index (χ0) is 21.3. The van der Waals surface area contributed by atoms with E-state index in [1.165, 1.54) is 0 Å². The van der Waals surface area contributed by atoms with E-state index in [2.05, 4.69) is 15.6 Å². The Balaban J connectivity index is 1.55. The van der Waals surface area contributed by atoms with Crippen molar-refractivity contribution in [1.29, 1.82) is 0 Å². The highest BCUT2D eigenvalue weighted by molar-refractivity contribution is 6.04. The number of hydrogen-bond donors (Lipinski definition) is 4. The smallest absolute Gasteiger partial charge is 0.306 e. The molecule has 4 N–H and O–H groups in total. The van der Waals surface area contributed by atoms with E-state index in [9.17, 15) is 14.7 Å². The first kappa shape index (κ1) is 21.2. The Kier molecular flexibility index (Phi) is 7.26. The molecule has 0 fully saturated rings. The Morgan fingerprint density at radius 1 is 0.967 bits per heavy atom. The second-order valence-electron chi connectivity index (χ2n) is 6.84. The summed E-state index contributed by atoms with van der Waals surface area (Å²) >= 11 is 0. The molecule has 0 saturated heterocycles. The van der Waals surface area contributed by atoms with Gasteiger partial charge in [-0.05, 0) is 34.9 Å². The van der Waals surface area contributed by atoms with E-state index in [0.29, 0.717) is 17.9 Å². The Hall–Kier alpha value is -3.55. The predicted molar refractivity (Wildman–Crippen MR) is 114 cm³/mol. The van der Waals surface area contributed by atoms with Crippen molar-refractivity contribution in [2.75, 3.05) is 11.9 Å². The molecule has 154 valence electrons. The molecule has 0 unspecified atom stereocenters. The van der Waals surface area contributed by atoms with Gasteiger partial charge in [0.25, 0.3) is 5.91 Å². The van der Waals surface area contributed by atoms with Crippen molar-refractivity contribution < 1.29 is 19.8 Å². The normalized spacial score (nSPS) is 11.6. The van der Waals surface area contributed by atoms with E-state index in [-0.39, 0.29) is 18.9 Å². The second-order valence-corrected chi connectivity index (χ2v) is 6.84. The number of aliphatic hydroxyl groups is 1. The third kappa shape index (κ3) is 6.23. The van der Waals surface area contributed by atoms with Crippen LogP contribution in [-0.2, 0) is 11.3 Å². The summed E-state index contributed by atoms with van der Waals surface area (Å²) < 4.78 is 0. The number of nitrogens with one attached hydrogen (secondary N) is 2. The van der Waals surface area contributed by atoms with Gasteiger partial charge in [-0.1, -0.05) is 48.5 Å². The van der Waals surface area contributed by atoms with Gasteiger partial charge in [0.15, 0.2) is 0 Å². The van der Waals surface area contributed by atoms with Crippen LogP contribution in [-0.4, -0.2) is 39.7 Å². The summed E-state index contributed by atoms with van der Waals surface area (Å²) in [6.07, 6.45) is 0.370. The number of carboxylic acid groups (broad SMARTS) is 1. The predicted octanol–water partition coefficient (Wildman–Crippen LogP) is 2.93. The highest BCUT2D eigenvalue weighted by atomic mass is 16.4. The van der Waals surface area contributed by atoms with Crippen molar-refractivity contribution in [2.45, 2.75) is 19.1 Å². The molecule has 1 amide bonds. The molecule has 0 aliphatic rings. The van der Waals surface area contributed by atoms with Crippen LogP contribution in [0, 0.1) is 0 Å². The molecule has 7 heteroatoms. The number of amides is 1. The number of aromatic nitrogens is 1. The van der Waals surface area contributed by atoms with E-state index < -0.39 is 12.1 Å². The molecular formula is C23H23N3O4. The number of aliphatic hydroxyl groups excluding tert-OH is 1. The molecule has 0 aliphatic carbocycles. The van der Waals surface area contributed by atoms with E-state index in [0.717, 1.165) is 16.7 Å². The van der Waals surface area contributed by atoms with Gasteiger partial charge in [-0.3, -0.25) is 9.59 Å². The number of hydrogen-bond acceptors (Lipinski definition) is 5. The van der Waals surface area contributed by atoms with Crippen molar-refractivity contribution in [2.24, 2.45) is 0 Å². The maximum absolute atomic E-state index is 12.6. The second kappa shape index (κ2) is 10.3. The van der Waals surface area contributed by atoms with Crippen LogP contribution >= 0.6 is 0 Å².